The van der Waals surface area contributed by atoms with Crippen molar-refractivity contribution in [3.8, 4) is 11.1 Å². The molecule has 0 bridgehead atoms. The van der Waals surface area contributed by atoms with Gasteiger partial charge in [-0.05, 0) is 42.9 Å². The van der Waals surface area contributed by atoms with Gasteiger partial charge in [0.2, 0.25) is 5.91 Å². The quantitative estimate of drug-likeness (QED) is 0.685. The Morgan fingerprint density at radius 3 is 2.93 bits per heavy atom. The number of allylic oxidation sites excluding steroid dienone is 1. The Balaban J connectivity index is 1.76. The largest absolute Gasteiger partial charge is 0.350 e. The van der Waals surface area contributed by atoms with Crippen molar-refractivity contribution >= 4 is 22.5 Å². The number of H-pyrrole nitrogens is 1. The summed E-state index contributed by atoms with van der Waals surface area (Å²) in [5.74, 6) is -0.124. The zero-order valence-corrected chi connectivity index (χ0v) is 15.1. The van der Waals surface area contributed by atoms with Crippen molar-refractivity contribution in [1.82, 2.24) is 20.3 Å². The zero-order chi connectivity index (χ0) is 18.6. The lowest BCUT2D eigenvalue weighted by Gasteiger charge is -2.17. The maximum absolute atomic E-state index is 11.8. The summed E-state index contributed by atoms with van der Waals surface area (Å²) in [6.07, 6.45) is 10.9. The number of fused-ring (bicyclic) bond motifs is 1. The molecule has 1 aliphatic rings. The van der Waals surface area contributed by atoms with E-state index in [9.17, 15) is 4.79 Å². The van der Waals surface area contributed by atoms with E-state index in [1.807, 2.05) is 24.4 Å². The summed E-state index contributed by atoms with van der Waals surface area (Å²) in [6, 6.07) is 10.3. The first kappa shape index (κ1) is 17.2. The van der Waals surface area contributed by atoms with Gasteiger partial charge in [-0.15, -0.1) is 0 Å². The van der Waals surface area contributed by atoms with Gasteiger partial charge in [0.1, 0.15) is 12.0 Å². The molecule has 27 heavy (non-hydrogen) atoms. The summed E-state index contributed by atoms with van der Waals surface area (Å²) >= 11 is 0. The molecule has 5 nitrogen and oxygen atoms in total. The van der Waals surface area contributed by atoms with Crippen LogP contribution in [0.2, 0.25) is 0 Å². The van der Waals surface area contributed by atoms with Crippen LogP contribution in [0.1, 0.15) is 31.4 Å². The van der Waals surface area contributed by atoms with Crippen LogP contribution in [0.4, 0.5) is 0 Å². The molecule has 1 atom stereocenters. The Hall–Kier alpha value is -3.21. The van der Waals surface area contributed by atoms with E-state index in [-0.39, 0.29) is 11.9 Å². The molecule has 0 radical (unpaired) electrons. The number of amides is 1. The summed E-state index contributed by atoms with van der Waals surface area (Å²) < 4.78 is 0. The standard InChI is InChI=1S/C22H22N4O/c1-2-19(27)26-17-11-7-6-10-16(12-17)21-20-18(15-8-4-3-5-9-15)13-23-22(20)25-14-24-21/h2-5,8-10,13-14,17H,1,6-7,11-12H2,(H,26,27)(H,23,24,25). The summed E-state index contributed by atoms with van der Waals surface area (Å²) in [7, 11) is 0. The number of carbonyl (C=O) groups is 1. The van der Waals surface area contributed by atoms with Gasteiger partial charge in [0.15, 0.2) is 0 Å². The van der Waals surface area contributed by atoms with Crippen LogP contribution in [0.5, 0.6) is 0 Å². The highest BCUT2D eigenvalue weighted by molar-refractivity contribution is 6.00. The third kappa shape index (κ3) is 3.53. The monoisotopic (exact) mass is 358 g/mol. The maximum atomic E-state index is 11.8. The van der Waals surface area contributed by atoms with Crippen LogP contribution in [-0.4, -0.2) is 26.9 Å². The normalized spacial score (nSPS) is 17.2. The van der Waals surface area contributed by atoms with Gasteiger partial charge in [0.05, 0.1) is 11.1 Å². The number of nitrogens with zero attached hydrogens (tertiary/aromatic N) is 2. The zero-order valence-electron chi connectivity index (χ0n) is 15.1. The predicted molar refractivity (Wildman–Crippen MR) is 108 cm³/mol. The summed E-state index contributed by atoms with van der Waals surface area (Å²) in [5, 5.41) is 4.08. The number of rotatable bonds is 4. The molecule has 2 aromatic heterocycles. The van der Waals surface area contributed by atoms with Crippen LogP contribution in [0.15, 0.2) is 61.6 Å². The molecule has 0 saturated heterocycles. The second-order valence-corrected chi connectivity index (χ2v) is 6.79. The van der Waals surface area contributed by atoms with Crippen LogP contribution >= 0.6 is 0 Å². The Morgan fingerprint density at radius 2 is 2.11 bits per heavy atom. The fourth-order valence-electron chi connectivity index (χ4n) is 3.72. The van der Waals surface area contributed by atoms with Crippen LogP contribution in [-0.2, 0) is 4.79 Å². The third-order valence-corrected chi connectivity index (χ3v) is 5.00. The maximum Gasteiger partial charge on any atom is 0.243 e. The molecule has 2 N–H and O–H groups in total. The van der Waals surface area contributed by atoms with E-state index >= 15 is 0 Å². The summed E-state index contributed by atoms with van der Waals surface area (Å²) in [5.41, 5.74) is 5.16. The van der Waals surface area contributed by atoms with Crippen molar-refractivity contribution in [1.29, 1.82) is 0 Å². The predicted octanol–water partition coefficient (Wildman–Crippen LogP) is 4.25. The Bertz CT molecular complexity index is 1000. The Labute approximate surface area is 158 Å². The molecule has 1 amide bonds. The van der Waals surface area contributed by atoms with Gasteiger partial charge in [0, 0.05) is 17.8 Å². The molecule has 3 aromatic rings. The van der Waals surface area contributed by atoms with E-state index in [4.69, 9.17) is 0 Å². The molecule has 0 spiro atoms. The van der Waals surface area contributed by atoms with Crippen LogP contribution in [0.3, 0.4) is 0 Å². The van der Waals surface area contributed by atoms with Gasteiger partial charge < -0.3 is 10.3 Å². The molecular formula is C22H22N4O. The van der Waals surface area contributed by atoms with Crippen LogP contribution in [0.25, 0.3) is 27.7 Å². The first-order valence-corrected chi connectivity index (χ1v) is 9.26. The Kier molecular flexibility index (Phi) is 4.83. The number of benzene rings is 1. The van der Waals surface area contributed by atoms with Gasteiger partial charge in [-0.25, -0.2) is 9.97 Å². The van der Waals surface area contributed by atoms with Crippen molar-refractivity contribution in [3.05, 3.63) is 67.3 Å². The molecule has 4 rings (SSSR count). The molecule has 0 aliphatic heterocycles. The minimum atomic E-state index is -0.124. The summed E-state index contributed by atoms with van der Waals surface area (Å²) in [6.45, 7) is 3.55. The van der Waals surface area contributed by atoms with Crippen molar-refractivity contribution in [2.75, 3.05) is 0 Å². The van der Waals surface area contributed by atoms with E-state index in [0.29, 0.717) is 0 Å². The molecule has 0 saturated carbocycles. The van der Waals surface area contributed by atoms with Crippen LogP contribution in [0, 0.1) is 0 Å². The van der Waals surface area contributed by atoms with E-state index in [1.54, 1.807) is 6.33 Å². The highest BCUT2D eigenvalue weighted by atomic mass is 16.1. The van der Waals surface area contributed by atoms with Gasteiger partial charge in [0.25, 0.3) is 0 Å². The van der Waals surface area contributed by atoms with Gasteiger partial charge in [-0.2, -0.15) is 0 Å². The van der Waals surface area contributed by atoms with Crippen molar-refractivity contribution < 1.29 is 4.79 Å². The SMILES string of the molecule is C=CC(=O)NC1CCCC=C(c2ncnc3[nH]cc(-c4ccccc4)c23)C1. The van der Waals surface area contributed by atoms with Gasteiger partial charge in [-0.3, -0.25) is 4.79 Å². The average molecular weight is 358 g/mol. The van der Waals surface area contributed by atoms with Crippen molar-refractivity contribution in [3.63, 3.8) is 0 Å². The molecule has 1 unspecified atom stereocenters. The number of aromatic nitrogens is 3. The first-order valence-electron chi connectivity index (χ1n) is 9.26. The number of nitrogens with one attached hydrogen (secondary N) is 2. The average Bonchev–Trinajstić information content (AvgIpc) is 3.01. The third-order valence-electron chi connectivity index (χ3n) is 5.00. The molecule has 1 aromatic carbocycles. The fourth-order valence-corrected chi connectivity index (χ4v) is 3.72. The van der Waals surface area contributed by atoms with Gasteiger partial charge in [-0.1, -0.05) is 43.0 Å². The number of carbonyl (C=O) groups excluding carboxylic acids is 1. The van der Waals surface area contributed by atoms with Crippen molar-refractivity contribution in [2.45, 2.75) is 31.7 Å². The number of aromatic amines is 1. The molecule has 136 valence electrons. The molecule has 1 aliphatic carbocycles. The highest BCUT2D eigenvalue weighted by Gasteiger charge is 2.21. The minimum Gasteiger partial charge on any atom is -0.350 e. The fraction of sp³-hybridized carbons (Fsp3) is 0.227. The second kappa shape index (κ2) is 7.58. The van der Waals surface area contributed by atoms with Crippen LogP contribution < -0.4 is 5.32 Å². The topological polar surface area (TPSA) is 70.7 Å². The highest BCUT2D eigenvalue weighted by Crippen LogP contribution is 2.35. The molecular weight excluding hydrogens is 336 g/mol. The molecule has 5 heteroatoms. The lowest BCUT2D eigenvalue weighted by Crippen LogP contribution is -2.33. The molecule has 0 fully saturated rings. The summed E-state index contributed by atoms with van der Waals surface area (Å²) in [4.78, 5) is 24.1. The minimum absolute atomic E-state index is 0.0911. The van der Waals surface area contributed by atoms with E-state index < -0.39 is 0 Å². The lowest BCUT2D eigenvalue weighted by molar-refractivity contribution is -0.117. The number of hydrogen-bond acceptors (Lipinski definition) is 3. The van der Waals surface area contributed by atoms with Gasteiger partial charge >= 0.3 is 0 Å². The number of hydrogen-bond donors (Lipinski definition) is 2. The van der Waals surface area contributed by atoms with E-state index in [2.05, 4.69) is 45.1 Å². The molecule has 2 heterocycles. The van der Waals surface area contributed by atoms with E-state index in [1.165, 1.54) is 6.08 Å². The lowest BCUT2D eigenvalue weighted by atomic mass is 9.97. The van der Waals surface area contributed by atoms with E-state index in [0.717, 1.165) is 59.1 Å². The Morgan fingerprint density at radius 1 is 1.26 bits per heavy atom. The first-order chi connectivity index (χ1) is 13.3. The van der Waals surface area contributed by atoms with Crippen molar-refractivity contribution in [2.24, 2.45) is 0 Å². The smallest absolute Gasteiger partial charge is 0.243 e. The second-order valence-electron chi connectivity index (χ2n) is 6.79.